The van der Waals surface area contributed by atoms with E-state index in [2.05, 4.69) is 31.1 Å². The Labute approximate surface area is 105 Å². The van der Waals surface area contributed by atoms with Gasteiger partial charge in [0.1, 0.15) is 5.75 Å². The third-order valence-electron chi connectivity index (χ3n) is 2.48. The van der Waals surface area contributed by atoms with Crippen LogP contribution in [0.2, 0.25) is 0 Å². The molecule has 1 N–H and O–H groups in total. The standard InChI is InChI=1S/C14H24N2O/c1-4-7-15-11-13-10-14(5-8-16-13)17-9-6-12(2)3/h5,8,10,12,15H,4,6-7,9,11H2,1-3H3. The Bertz CT molecular complexity index is 313. The number of ether oxygens (including phenoxy) is 1. The summed E-state index contributed by atoms with van der Waals surface area (Å²) in [5, 5.41) is 3.33. The molecule has 0 aliphatic heterocycles. The SMILES string of the molecule is CCCNCc1cc(OCCC(C)C)ccn1. The van der Waals surface area contributed by atoms with Crippen LogP contribution in [0.25, 0.3) is 0 Å². The van der Waals surface area contributed by atoms with Gasteiger partial charge < -0.3 is 10.1 Å². The van der Waals surface area contributed by atoms with Gasteiger partial charge in [-0.1, -0.05) is 20.8 Å². The minimum absolute atomic E-state index is 0.683. The number of nitrogens with zero attached hydrogens (tertiary/aromatic N) is 1. The molecule has 0 unspecified atom stereocenters. The van der Waals surface area contributed by atoms with E-state index < -0.39 is 0 Å². The maximum atomic E-state index is 5.70. The van der Waals surface area contributed by atoms with Gasteiger partial charge >= 0.3 is 0 Å². The summed E-state index contributed by atoms with van der Waals surface area (Å²) in [7, 11) is 0. The molecule has 3 heteroatoms. The second-order valence-corrected chi connectivity index (χ2v) is 4.69. The molecule has 3 nitrogen and oxygen atoms in total. The molecular formula is C14H24N2O. The molecule has 0 aliphatic rings. The normalized spacial score (nSPS) is 10.8. The smallest absolute Gasteiger partial charge is 0.122 e. The van der Waals surface area contributed by atoms with Crippen molar-refractivity contribution in [3.05, 3.63) is 24.0 Å². The van der Waals surface area contributed by atoms with E-state index in [0.29, 0.717) is 5.92 Å². The fraction of sp³-hybridized carbons (Fsp3) is 0.643. The van der Waals surface area contributed by atoms with Crippen molar-refractivity contribution in [2.24, 2.45) is 5.92 Å². The van der Waals surface area contributed by atoms with Gasteiger partial charge in [0.2, 0.25) is 0 Å². The van der Waals surface area contributed by atoms with Gasteiger partial charge in [0.15, 0.2) is 0 Å². The molecule has 0 aromatic carbocycles. The minimum atomic E-state index is 0.683. The number of pyridine rings is 1. The molecule has 0 fully saturated rings. The van der Waals surface area contributed by atoms with E-state index >= 15 is 0 Å². The highest BCUT2D eigenvalue weighted by Crippen LogP contribution is 2.12. The van der Waals surface area contributed by atoms with E-state index in [-0.39, 0.29) is 0 Å². The van der Waals surface area contributed by atoms with Crippen molar-refractivity contribution in [1.82, 2.24) is 10.3 Å². The molecule has 0 radical (unpaired) electrons. The summed E-state index contributed by atoms with van der Waals surface area (Å²) in [6.45, 7) is 9.19. The van der Waals surface area contributed by atoms with E-state index in [9.17, 15) is 0 Å². The second-order valence-electron chi connectivity index (χ2n) is 4.69. The first-order valence-corrected chi connectivity index (χ1v) is 6.50. The maximum Gasteiger partial charge on any atom is 0.122 e. The minimum Gasteiger partial charge on any atom is -0.493 e. The number of aromatic nitrogens is 1. The number of rotatable bonds is 8. The van der Waals surface area contributed by atoms with Crippen LogP contribution in [-0.2, 0) is 6.54 Å². The summed E-state index contributed by atoms with van der Waals surface area (Å²) < 4.78 is 5.70. The predicted molar refractivity (Wildman–Crippen MR) is 71.2 cm³/mol. The summed E-state index contributed by atoms with van der Waals surface area (Å²) in [6, 6.07) is 3.94. The third kappa shape index (κ3) is 6.27. The molecule has 0 spiro atoms. The van der Waals surface area contributed by atoms with Crippen molar-refractivity contribution in [3.8, 4) is 5.75 Å². The summed E-state index contributed by atoms with van der Waals surface area (Å²) >= 11 is 0. The second kappa shape index (κ2) is 8.07. The van der Waals surface area contributed by atoms with E-state index in [1.54, 1.807) is 0 Å². The summed E-state index contributed by atoms with van der Waals surface area (Å²) in [4.78, 5) is 4.31. The van der Waals surface area contributed by atoms with Gasteiger partial charge in [0.25, 0.3) is 0 Å². The van der Waals surface area contributed by atoms with Crippen LogP contribution < -0.4 is 10.1 Å². The Morgan fingerprint density at radius 2 is 2.24 bits per heavy atom. The first kappa shape index (κ1) is 14.0. The summed E-state index contributed by atoms with van der Waals surface area (Å²) in [5.41, 5.74) is 1.04. The maximum absolute atomic E-state index is 5.70. The van der Waals surface area contributed by atoms with Crippen LogP contribution >= 0.6 is 0 Å². The van der Waals surface area contributed by atoms with Gasteiger partial charge in [-0.15, -0.1) is 0 Å². The molecule has 0 saturated carbocycles. The van der Waals surface area contributed by atoms with Crippen LogP contribution in [-0.4, -0.2) is 18.1 Å². The first-order chi connectivity index (χ1) is 8.22. The Kier molecular flexibility index (Phi) is 6.63. The van der Waals surface area contributed by atoms with Crippen molar-refractivity contribution in [3.63, 3.8) is 0 Å². The average molecular weight is 236 g/mol. The lowest BCUT2D eigenvalue weighted by Gasteiger charge is -2.09. The monoisotopic (exact) mass is 236 g/mol. The highest BCUT2D eigenvalue weighted by atomic mass is 16.5. The highest BCUT2D eigenvalue weighted by Gasteiger charge is 1.99. The predicted octanol–water partition coefficient (Wildman–Crippen LogP) is 3.01. The quantitative estimate of drug-likeness (QED) is 0.705. The lowest BCUT2D eigenvalue weighted by molar-refractivity contribution is 0.289. The molecule has 96 valence electrons. The Morgan fingerprint density at radius 3 is 2.94 bits per heavy atom. The van der Waals surface area contributed by atoms with Gasteiger partial charge in [0, 0.05) is 18.8 Å². The largest absolute Gasteiger partial charge is 0.493 e. The van der Waals surface area contributed by atoms with Crippen LogP contribution in [0, 0.1) is 5.92 Å². The lowest BCUT2D eigenvalue weighted by Crippen LogP contribution is -2.14. The molecule has 1 aromatic rings. The fourth-order valence-corrected chi connectivity index (χ4v) is 1.45. The van der Waals surface area contributed by atoms with Gasteiger partial charge in [0.05, 0.1) is 12.3 Å². The Balaban J connectivity index is 2.37. The average Bonchev–Trinajstić information content (AvgIpc) is 2.29. The van der Waals surface area contributed by atoms with Crippen LogP contribution in [0.15, 0.2) is 18.3 Å². The van der Waals surface area contributed by atoms with Crippen LogP contribution in [0.3, 0.4) is 0 Å². The lowest BCUT2D eigenvalue weighted by atomic mass is 10.1. The van der Waals surface area contributed by atoms with Gasteiger partial charge in [-0.05, 0) is 31.4 Å². The van der Waals surface area contributed by atoms with Gasteiger partial charge in [-0.25, -0.2) is 0 Å². The van der Waals surface area contributed by atoms with Gasteiger partial charge in [-0.3, -0.25) is 4.98 Å². The van der Waals surface area contributed by atoms with Crippen molar-refractivity contribution in [2.75, 3.05) is 13.2 Å². The van der Waals surface area contributed by atoms with Gasteiger partial charge in [-0.2, -0.15) is 0 Å². The van der Waals surface area contributed by atoms with Crippen molar-refractivity contribution in [1.29, 1.82) is 0 Å². The zero-order valence-corrected chi connectivity index (χ0v) is 11.2. The van der Waals surface area contributed by atoms with E-state index in [4.69, 9.17) is 4.74 Å². The number of hydrogen-bond acceptors (Lipinski definition) is 3. The fourth-order valence-electron chi connectivity index (χ4n) is 1.45. The number of hydrogen-bond donors (Lipinski definition) is 1. The summed E-state index contributed by atoms with van der Waals surface area (Å²) in [6.07, 6.45) is 4.05. The molecular weight excluding hydrogens is 212 g/mol. The third-order valence-corrected chi connectivity index (χ3v) is 2.48. The van der Waals surface area contributed by atoms with Crippen molar-refractivity contribution in [2.45, 2.75) is 40.2 Å². The molecule has 17 heavy (non-hydrogen) atoms. The molecule has 0 saturated heterocycles. The molecule has 1 heterocycles. The van der Waals surface area contributed by atoms with Crippen LogP contribution in [0.4, 0.5) is 0 Å². The molecule has 0 aliphatic carbocycles. The first-order valence-electron chi connectivity index (χ1n) is 6.50. The van der Waals surface area contributed by atoms with Crippen molar-refractivity contribution >= 4 is 0 Å². The zero-order chi connectivity index (χ0) is 12.5. The number of nitrogens with one attached hydrogen (secondary N) is 1. The van der Waals surface area contributed by atoms with Crippen LogP contribution in [0.1, 0.15) is 39.3 Å². The Morgan fingerprint density at radius 1 is 1.41 bits per heavy atom. The van der Waals surface area contributed by atoms with E-state index in [1.807, 2.05) is 18.3 Å². The van der Waals surface area contributed by atoms with Crippen LogP contribution in [0.5, 0.6) is 5.75 Å². The van der Waals surface area contributed by atoms with E-state index in [0.717, 1.165) is 44.0 Å². The zero-order valence-electron chi connectivity index (χ0n) is 11.2. The molecule has 0 bridgehead atoms. The molecule has 0 amide bonds. The topological polar surface area (TPSA) is 34.1 Å². The highest BCUT2D eigenvalue weighted by molar-refractivity contribution is 5.22. The molecule has 0 atom stereocenters. The van der Waals surface area contributed by atoms with E-state index in [1.165, 1.54) is 0 Å². The molecule has 1 aromatic heterocycles. The molecule has 1 rings (SSSR count). The summed E-state index contributed by atoms with van der Waals surface area (Å²) in [5.74, 6) is 1.61. The van der Waals surface area contributed by atoms with Crippen molar-refractivity contribution < 1.29 is 4.74 Å². The Hall–Kier alpha value is -1.09.